The third-order valence-electron chi connectivity index (χ3n) is 8.03. The number of hydrogen-bond acceptors (Lipinski definition) is 12. The Labute approximate surface area is 300 Å². The van der Waals surface area contributed by atoms with Crippen molar-refractivity contribution in [3.63, 3.8) is 0 Å². The fourth-order valence-electron chi connectivity index (χ4n) is 5.15. The zero-order valence-electron chi connectivity index (χ0n) is 28.6. The number of nitrogen functional groups attached to an aromatic ring is 1. The van der Waals surface area contributed by atoms with E-state index >= 15 is 0 Å². The molecule has 0 amide bonds. The molecule has 0 aliphatic carbocycles. The molecule has 0 aliphatic heterocycles. The lowest BCUT2D eigenvalue weighted by molar-refractivity contribution is 0.405. The van der Waals surface area contributed by atoms with Crippen LogP contribution in [0.25, 0.3) is 10.8 Å². The van der Waals surface area contributed by atoms with Gasteiger partial charge in [0.25, 0.3) is 10.1 Å². The summed E-state index contributed by atoms with van der Waals surface area (Å²) in [6.07, 6.45) is 0. The summed E-state index contributed by atoms with van der Waals surface area (Å²) in [5, 5.41) is 38.2. The SMILES string of the molecule is Cc1ccc(N=Nc2ccc(N=Nc3cc(C)c(N=Nc4ccc5cc(NOc6ccc(N)cc6)ccc5c4O)cc3C)cc2C)c(S(=O)(=O)O)c1. The monoisotopic (exact) mass is 714 g/mol. The number of phenolic OH excluding ortho intramolecular Hbond substituents is 1. The Kier molecular flexibility index (Phi) is 10.0. The second kappa shape index (κ2) is 14.8. The fourth-order valence-corrected chi connectivity index (χ4v) is 5.86. The molecule has 0 heterocycles. The van der Waals surface area contributed by atoms with Crippen molar-refractivity contribution in [2.75, 3.05) is 11.2 Å². The minimum atomic E-state index is -4.47. The number of aromatic hydroxyl groups is 1. The smallest absolute Gasteiger partial charge is 0.296 e. The number of benzene rings is 6. The predicted octanol–water partition coefficient (Wildman–Crippen LogP) is 11.3. The molecular weight excluding hydrogens is 681 g/mol. The molecule has 52 heavy (non-hydrogen) atoms. The Hall–Kier alpha value is -6.51. The maximum Gasteiger partial charge on any atom is 0.296 e. The van der Waals surface area contributed by atoms with Crippen molar-refractivity contribution in [1.29, 1.82) is 0 Å². The van der Waals surface area contributed by atoms with Gasteiger partial charge in [0, 0.05) is 11.1 Å². The maximum atomic E-state index is 11.8. The molecule has 0 radical (unpaired) electrons. The van der Waals surface area contributed by atoms with Crippen LogP contribution >= 0.6 is 0 Å². The number of nitrogens with two attached hydrogens (primary N) is 1. The fraction of sp³-hybridized carbons (Fsp3) is 0.105. The van der Waals surface area contributed by atoms with Crippen LogP contribution in [0.1, 0.15) is 22.3 Å². The third-order valence-corrected chi connectivity index (χ3v) is 8.91. The number of aryl methyl sites for hydroxylation is 4. The molecule has 0 unspecified atom stereocenters. The van der Waals surface area contributed by atoms with E-state index in [-0.39, 0.29) is 16.3 Å². The average Bonchev–Trinajstić information content (AvgIpc) is 3.11. The first kappa shape index (κ1) is 35.3. The van der Waals surface area contributed by atoms with Gasteiger partial charge in [0.05, 0.1) is 28.4 Å². The van der Waals surface area contributed by atoms with Crippen LogP contribution in [0.3, 0.4) is 0 Å². The zero-order chi connectivity index (χ0) is 37.0. The van der Waals surface area contributed by atoms with Crippen molar-refractivity contribution in [3.8, 4) is 11.5 Å². The summed E-state index contributed by atoms with van der Waals surface area (Å²) in [5.74, 6) is 0.616. The molecule has 262 valence electrons. The first-order valence-electron chi connectivity index (χ1n) is 15.9. The number of azo groups is 3. The van der Waals surface area contributed by atoms with Gasteiger partial charge in [0.2, 0.25) is 0 Å². The highest BCUT2D eigenvalue weighted by molar-refractivity contribution is 7.86. The Morgan fingerprint density at radius 3 is 1.90 bits per heavy atom. The molecule has 0 spiro atoms. The highest BCUT2D eigenvalue weighted by Crippen LogP contribution is 2.38. The van der Waals surface area contributed by atoms with Gasteiger partial charge in [-0.15, -0.1) is 10.2 Å². The van der Waals surface area contributed by atoms with Crippen LogP contribution in [-0.4, -0.2) is 18.1 Å². The normalized spacial score (nSPS) is 12.0. The van der Waals surface area contributed by atoms with Gasteiger partial charge in [-0.05, 0) is 146 Å². The summed E-state index contributed by atoms with van der Waals surface area (Å²) in [7, 11) is -4.47. The van der Waals surface area contributed by atoms with Crippen molar-refractivity contribution < 1.29 is 22.9 Å². The summed E-state index contributed by atoms with van der Waals surface area (Å²) >= 11 is 0. The third kappa shape index (κ3) is 8.26. The summed E-state index contributed by atoms with van der Waals surface area (Å²) in [4.78, 5) is 5.30. The molecule has 13 nitrogen and oxygen atoms in total. The topological polar surface area (TPSA) is 196 Å². The van der Waals surface area contributed by atoms with E-state index in [1.54, 1.807) is 73.7 Å². The van der Waals surface area contributed by atoms with Gasteiger partial charge in [0.1, 0.15) is 16.3 Å². The lowest BCUT2D eigenvalue weighted by atomic mass is 10.1. The quantitative estimate of drug-likeness (QED) is 0.0468. The van der Waals surface area contributed by atoms with Gasteiger partial charge in [0.15, 0.2) is 11.5 Å². The van der Waals surface area contributed by atoms with Crippen LogP contribution in [-0.2, 0) is 10.1 Å². The van der Waals surface area contributed by atoms with Crippen LogP contribution in [0.15, 0.2) is 139 Å². The average molecular weight is 715 g/mol. The van der Waals surface area contributed by atoms with E-state index < -0.39 is 10.1 Å². The van der Waals surface area contributed by atoms with Crippen molar-refractivity contribution in [3.05, 3.63) is 125 Å². The second-order valence-corrected chi connectivity index (χ2v) is 13.5. The van der Waals surface area contributed by atoms with Gasteiger partial charge in [-0.25, -0.2) is 5.48 Å². The van der Waals surface area contributed by atoms with Crippen LogP contribution in [0, 0.1) is 27.7 Å². The molecule has 0 atom stereocenters. The minimum Gasteiger partial charge on any atom is -0.505 e. The molecule has 6 rings (SSSR count). The molecule has 0 saturated heterocycles. The number of fused-ring (bicyclic) bond motifs is 1. The number of rotatable bonds is 10. The zero-order valence-corrected chi connectivity index (χ0v) is 29.4. The Bertz CT molecular complexity index is 2520. The molecule has 5 N–H and O–H groups in total. The molecule has 0 saturated carbocycles. The summed E-state index contributed by atoms with van der Waals surface area (Å²) in [6, 6.07) is 29.4. The molecular formula is C38H34N8O5S. The van der Waals surface area contributed by atoms with Crippen LogP contribution < -0.4 is 16.1 Å². The van der Waals surface area contributed by atoms with Crippen LogP contribution in [0.4, 0.5) is 45.5 Å². The summed E-state index contributed by atoms with van der Waals surface area (Å²) in [6.45, 7) is 7.32. The van der Waals surface area contributed by atoms with E-state index in [4.69, 9.17) is 10.6 Å². The Balaban J connectivity index is 1.14. The lowest BCUT2D eigenvalue weighted by Crippen LogP contribution is -2.04. The van der Waals surface area contributed by atoms with Crippen LogP contribution in [0.5, 0.6) is 11.5 Å². The van der Waals surface area contributed by atoms with Gasteiger partial charge < -0.3 is 15.7 Å². The Morgan fingerprint density at radius 2 is 1.21 bits per heavy atom. The van der Waals surface area contributed by atoms with Gasteiger partial charge in [-0.3, -0.25) is 4.55 Å². The molecule has 6 aromatic carbocycles. The number of nitrogens with one attached hydrogen (secondary N) is 1. The van der Waals surface area contributed by atoms with E-state index in [1.165, 1.54) is 12.1 Å². The molecule has 0 aliphatic rings. The largest absolute Gasteiger partial charge is 0.505 e. The van der Waals surface area contributed by atoms with E-state index in [1.807, 2.05) is 45.0 Å². The molecule has 0 bridgehead atoms. The number of nitrogens with zero attached hydrogens (tertiary/aromatic N) is 6. The summed E-state index contributed by atoms with van der Waals surface area (Å²) in [5.41, 5.74) is 15.7. The molecule has 0 fully saturated rings. The number of phenols is 1. The van der Waals surface area contributed by atoms with Crippen molar-refractivity contribution in [2.45, 2.75) is 32.6 Å². The van der Waals surface area contributed by atoms with Crippen LogP contribution in [0.2, 0.25) is 0 Å². The molecule has 0 aromatic heterocycles. The van der Waals surface area contributed by atoms with E-state index in [9.17, 15) is 18.1 Å². The van der Waals surface area contributed by atoms with Gasteiger partial charge in [-0.1, -0.05) is 12.1 Å². The number of anilines is 2. The van der Waals surface area contributed by atoms with Gasteiger partial charge in [-0.2, -0.15) is 28.9 Å². The predicted molar refractivity (Wildman–Crippen MR) is 201 cm³/mol. The number of hydrogen-bond donors (Lipinski definition) is 4. The van der Waals surface area contributed by atoms with Crippen molar-refractivity contribution >= 4 is 66.4 Å². The molecule has 14 heteroatoms. The molecule has 6 aromatic rings. The van der Waals surface area contributed by atoms with E-state index in [0.29, 0.717) is 56.5 Å². The van der Waals surface area contributed by atoms with E-state index in [0.717, 1.165) is 22.1 Å². The standard InChI is InChI=1S/C38H34N8O5S/c1-22-5-14-33(37(17-22)52(48,49)50)42-41-32-16-10-28(18-23(32)2)40-44-35-19-25(4)36(20-24(35)3)45-43-34-15-6-26-21-29(9-13-31(26)38(34)47)46-51-30-11-7-27(39)8-12-30/h5-21,46-47H,39H2,1-4H3,(H,48,49,50). The highest BCUT2D eigenvalue weighted by Gasteiger charge is 2.16. The highest BCUT2D eigenvalue weighted by atomic mass is 32.2. The van der Waals surface area contributed by atoms with Crippen molar-refractivity contribution in [1.82, 2.24) is 0 Å². The first-order valence-corrected chi connectivity index (χ1v) is 17.4. The van der Waals surface area contributed by atoms with Gasteiger partial charge >= 0.3 is 0 Å². The van der Waals surface area contributed by atoms with Crippen molar-refractivity contribution in [2.24, 2.45) is 30.7 Å². The Morgan fingerprint density at radius 1 is 0.615 bits per heavy atom. The summed E-state index contributed by atoms with van der Waals surface area (Å²) < 4.78 is 33.2. The minimum absolute atomic E-state index is 0.00726. The lowest BCUT2D eigenvalue weighted by Gasteiger charge is -2.10. The van der Waals surface area contributed by atoms with E-state index in [2.05, 4.69) is 36.2 Å². The maximum absolute atomic E-state index is 11.8. The second-order valence-electron chi connectivity index (χ2n) is 12.1. The first-order chi connectivity index (χ1) is 24.8.